The van der Waals surface area contributed by atoms with Crippen LogP contribution >= 0.6 is 34.8 Å². The molecule has 1 unspecified atom stereocenters. The molecule has 3 rings (SSSR count). The fourth-order valence-corrected chi connectivity index (χ4v) is 3.93. The molecule has 0 aromatic heterocycles. The van der Waals surface area contributed by atoms with Crippen molar-refractivity contribution in [2.24, 2.45) is 0 Å². The van der Waals surface area contributed by atoms with Crippen molar-refractivity contribution in [3.8, 4) is 5.75 Å². The van der Waals surface area contributed by atoms with Crippen LogP contribution in [-0.2, 0) is 17.6 Å². The second-order valence-electron chi connectivity index (χ2n) is 7.67. The van der Waals surface area contributed by atoms with Crippen LogP contribution in [0, 0.1) is 0 Å². The van der Waals surface area contributed by atoms with E-state index in [0.29, 0.717) is 6.42 Å². The van der Waals surface area contributed by atoms with Crippen molar-refractivity contribution in [1.82, 2.24) is 10.6 Å². The molecule has 0 aliphatic heterocycles. The topological polar surface area (TPSA) is 61.4 Å². The Morgan fingerprint density at radius 1 is 1.07 bits per heavy atom. The summed E-state index contributed by atoms with van der Waals surface area (Å²) >= 11 is 17.4. The van der Waals surface area contributed by atoms with Gasteiger partial charge in [-0.05, 0) is 55.5 Å². The largest absolute Gasteiger partial charge is 0.508 e. The smallest absolute Gasteiger partial charge is 0.272 e. The first-order valence-corrected chi connectivity index (χ1v) is 11.0. The molecule has 4 nitrogen and oxygen atoms in total. The van der Waals surface area contributed by atoms with Crippen molar-refractivity contribution in [1.29, 1.82) is 0 Å². The summed E-state index contributed by atoms with van der Waals surface area (Å²) in [5.74, 6) is -0.334. The molecule has 0 bridgehead atoms. The number of nitrogens with one attached hydrogen (secondary N) is 2. The lowest BCUT2D eigenvalue weighted by atomic mass is 9.90. The maximum absolute atomic E-state index is 12.4. The van der Waals surface area contributed by atoms with E-state index in [0.717, 1.165) is 43.5 Å². The first-order chi connectivity index (χ1) is 14.3. The third-order valence-electron chi connectivity index (χ3n) is 5.21. The molecule has 3 N–H and O–H groups in total. The van der Waals surface area contributed by atoms with Gasteiger partial charge in [-0.1, -0.05) is 88.9 Å². The zero-order valence-electron chi connectivity index (χ0n) is 16.5. The first-order valence-electron chi connectivity index (χ1n) is 9.88. The predicted octanol–water partition coefficient (Wildman–Crippen LogP) is 4.71. The number of halogens is 3. The number of aromatic hydroxyl groups is 1. The summed E-state index contributed by atoms with van der Waals surface area (Å²) in [6.45, 7) is 1.51. The third kappa shape index (κ3) is 6.64. The third-order valence-corrected chi connectivity index (χ3v) is 5.72. The van der Waals surface area contributed by atoms with E-state index in [-0.39, 0.29) is 5.75 Å². The zero-order chi connectivity index (χ0) is 21.6. The molecular weight excluding hydrogens is 443 g/mol. The molecule has 0 spiro atoms. The van der Waals surface area contributed by atoms with Crippen molar-refractivity contribution < 1.29 is 9.90 Å². The van der Waals surface area contributed by atoms with Gasteiger partial charge in [0, 0.05) is 6.54 Å². The highest BCUT2D eigenvalue weighted by Gasteiger charge is 2.40. The van der Waals surface area contributed by atoms with Crippen LogP contribution in [0.15, 0.2) is 66.2 Å². The van der Waals surface area contributed by atoms with Crippen LogP contribution in [0.3, 0.4) is 0 Å². The molecule has 7 heteroatoms. The van der Waals surface area contributed by atoms with Crippen LogP contribution in [0.25, 0.3) is 0 Å². The summed E-state index contributed by atoms with van der Waals surface area (Å²) in [4.78, 5) is 12.4. The molecule has 2 aromatic rings. The van der Waals surface area contributed by atoms with Gasteiger partial charge in [0.15, 0.2) is 0 Å². The number of hydrogen-bond acceptors (Lipinski definition) is 3. The highest BCUT2D eigenvalue weighted by molar-refractivity contribution is 6.76. The molecule has 1 amide bonds. The molecule has 1 atom stereocenters. The zero-order valence-corrected chi connectivity index (χ0v) is 18.8. The summed E-state index contributed by atoms with van der Waals surface area (Å²) in [6.07, 6.45) is 5.16. The molecule has 2 aromatic carbocycles. The number of rotatable bonds is 8. The van der Waals surface area contributed by atoms with Gasteiger partial charge in [0.05, 0.1) is 5.54 Å². The Kier molecular flexibility index (Phi) is 7.70. The standard InChI is InChI=1S/C23H25Cl3N2O2/c24-23(25,26)21(30)28-22(14-18-5-2-1-3-6-18)11-9-19(15-22)16-27-12-10-17-7-4-8-20(29)13-17/h1-8,13,15,27,29H,9-12,14,16H2,(H,28,30). The van der Waals surface area contributed by atoms with Crippen molar-refractivity contribution in [3.05, 3.63) is 77.4 Å². The van der Waals surface area contributed by atoms with E-state index in [2.05, 4.69) is 16.7 Å². The van der Waals surface area contributed by atoms with E-state index < -0.39 is 15.2 Å². The van der Waals surface area contributed by atoms with Gasteiger partial charge in [-0.15, -0.1) is 0 Å². The number of phenols is 1. The van der Waals surface area contributed by atoms with Gasteiger partial charge < -0.3 is 15.7 Å². The maximum atomic E-state index is 12.4. The van der Waals surface area contributed by atoms with Crippen molar-refractivity contribution in [2.45, 2.75) is 35.0 Å². The molecule has 160 valence electrons. The second kappa shape index (κ2) is 10.1. The fourth-order valence-electron chi connectivity index (χ4n) is 3.79. The van der Waals surface area contributed by atoms with Gasteiger partial charge >= 0.3 is 0 Å². The quantitative estimate of drug-likeness (QED) is 0.299. The minimum Gasteiger partial charge on any atom is -0.508 e. The lowest BCUT2D eigenvalue weighted by molar-refractivity contribution is -0.121. The molecule has 0 saturated carbocycles. The van der Waals surface area contributed by atoms with Gasteiger partial charge in [0.25, 0.3) is 9.70 Å². The summed E-state index contributed by atoms with van der Waals surface area (Å²) in [5, 5.41) is 16.0. The van der Waals surface area contributed by atoms with E-state index >= 15 is 0 Å². The molecule has 0 heterocycles. The minimum atomic E-state index is -2.00. The maximum Gasteiger partial charge on any atom is 0.272 e. The average Bonchev–Trinajstić information content (AvgIpc) is 3.08. The Morgan fingerprint density at radius 3 is 2.50 bits per heavy atom. The Morgan fingerprint density at radius 2 is 1.80 bits per heavy atom. The molecule has 1 aliphatic rings. The minimum absolute atomic E-state index is 0.279. The summed E-state index contributed by atoms with van der Waals surface area (Å²) in [6, 6.07) is 17.2. The Labute approximate surface area is 192 Å². The van der Waals surface area contributed by atoms with Gasteiger partial charge in [-0.25, -0.2) is 0 Å². The molecule has 0 saturated heterocycles. The predicted molar refractivity (Wildman–Crippen MR) is 123 cm³/mol. The number of hydrogen-bond donors (Lipinski definition) is 3. The van der Waals surface area contributed by atoms with Crippen LogP contribution in [-0.4, -0.2) is 33.4 Å². The van der Waals surface area contributed by atoms with Gasteiger partial charge in [-0.2, -0.15) is 0 Å². The Bertz CT molecular complexity index is 897. The van der Waals surface area contributed by atoms with Crippen LogP contribution in [0.5, 0.6) is 5.75 Å². The van der Waals surface area contributed by atoms with Crippen LogP contribution in [0.4, 0.5) is 0 Å². The monoisotopic (exact) mass is 466 g/mol. The van der Waals surface area contributed by atoms with E-state index in [1.54, 1.807) is 12.1 Å². The number of alkyl halides is 3. The highest BCUT2D eigenvalue weighted by Crippen LogP contribution is 2.34. The van der Waals surface area contributed by atoms with E-state index in [4.69, 9.17) is 34.8 Å². The molecule has 30 heavy (non-hydrogen) atoms. The number of carbonyl (C=O) groups is 1. The molecular formula is C23H25Cl3N2O2. The Hall–Kier alpha value is -1.72. The summed E-state index contributed by atoms with van der Waals surface area (Å²) in [7, 11) is 0. The van der Waals surface area contributed by atoms with E-state index in [1.807, 2.05) is 42.5 Å². The average molecular weight is 468 g/mol. The van der Waals surface area contributed by atoms with Crippen LogP contribution in [0.1, 0.15) is 24.0 Å². The Balaban J connectivity index is 1.63. The summed E-state index contributed by atoms with van der Waals surface area (Å²) < 4.78 is -2.00. The van der Waals surface area contributed by atoms with Gasteiger partial charge in [-0.3, -0.25) is 4.79 Å². The van der Waals surface area contributed by atoms with Crippen LogP contribution < -0.4 is 10.6 Å². The number of amides is 1. The van der Waals surface area contributed by atoms with E-state index in [9.17, 15) is 9.90 Å². The summed E-state index contributed by atoms with van der Waals surface area (Å²) in [5.41, 5.74) is 2.82. The van der Waals surface area contributed by atoms with Gasteiger partial charge in [0.1, 0.15) is 5.75 Å². The SMILES string of the molecule is O=C(NC1(Cc2ccccc2)C=C(CNCCc2cccc(O)c2)CC1)C(Cl)(Cl)Cl. The second-order valence-corrected chi connectivity index (χ2v) is 9.95. The van der Waals surface area contributed by atoms with Crippen molar-refractivity contribution in [3.63, 3.8) is 0 Å². The molecule has 1 aliphatic carbocycles. The lowest BCUT2D eigenvalue weighted by Crippen LogP contribution is -2.51. The molecule has 0 fully saturated rings. The van der Waals surface area contributed by atoms with Crippen molar-refractivity contribution >= 4 is 40.7 Å². The lowest BCUT2D eigenvalue weighted by Gasteiger charge is -2.30. The number of carbonyl (C=O) groups excluding carboxylic acids is 1. The van der Waals surface area contributed by atoms with Crippen molar-refractivity contribution in [2.75, 3.05) is 13.1 Å². The number of benzene rings is 2. The van der Waals surface area contributed by atoms with Gasteiger partial charge in [0.2, 0.25) is 0 Å². The normalized spacial score (nSPS) is 18.8. The fraction of sp³-hybridized carbons (Fsp3) is 0.348. The van der Waals surface area contributed by atoms with Crippen LogP contribution in [0.2, 0.25) is 0 Å². The number of phenolic OH excluding ortho intramolecular Hbond substituents is 1. The molecule has 0 radical (unpaired) electrons. The highest BCUT2D eigenvalue weighted by atomic mass is 35.6. The van der Waals surface area contributed by atoms with E-state index in [1.165, 1.54) is 5.57 Å². The first kappa shape index (κ1) is 23.0.